The van der Waals surface area contributed by atoms with E-state index in [0.717, 1.165) is 43.3 Å². The molecule has 224 valence electrons. The van der Waals surface area contributed by atoms with Crippen molar-refractivity contribution in [1.29, 1.82) is 0 Å². The van der Waals surface area contributed by atoms with Crippen LogP contribution in [0.2, 0.25) is 10.0 Å². The van der Waals surface area contributed by atoms with Crippen molar-refractivity contribution < 1.29 is 24.1 Å². The van der Waals surface area contributed by atoms with Crippen molar-refractivity contribution in [2.75, 3.05) is 54.5 Å². The number of piperazine rings is 1. The molecule has 3 heterocycles. The molecule has 0 saturated carbocycles. The number of anilines is 3. The van der Waals surface area contributed by atoms with E-state index < -0.39 is 11.9 Å². The minimum atomic E-state index is -1.16. The summed E-state index contributed by atoms with van der Waals surface area (Å²) in [5.74, 6) is -0.424. The molecule has 0 aliphatic carbocycles. The van der Waals surface area contributed by atoms with Gasteiger partial charge >= 0.3 is 6.09 Å². The molecule has 2 aliphatic rings. The molecule has 13 heteroatoms. The Hall–Kier alpha value is -4.03. The molecule has 2 fully saturated rings. The van der Waals surface area contributed by atoms with Crippen LogP contribution in [0.5, 0.6) is 5.75 Å². The molecule has 2 saturated heterocycles. The molecule has 2 unspecified atom stereocenters. The number of aromatic nitrogens is 3. The van der Waals surface area contributed by atoms with E-state index in [1.54, 1.807) is 41.3 Å². The lowest BCUT2D eigenvalue weighted by atomic mass is 10.1. The van der Waals surface area contributed by atoms with Gasteiger partial charge < -0.3 is 29.1 Å². The van der Waals surface area contributed by atoms with Crippen LogP contribution in [0.15, 0.2) is 79.4 Å². The Morgan fingerprint density at radius 2 is 1.67 bits per heavy atom. The second-order valence-corrected chi connectivity index (χ2v) is 11.1. The number of ether oxygens (including phenoxy) is 3. The van der Waals surface area contributed by atoms with Crippen LogP contribution in [-0.2, 0) is 21.8 Å². The van der Waals surface area contributed by atoms with Crippen molar-refractivity contribution in [3.05, 3.63) is 95.0 Å². The second kappa shape index (κ2) is 12.7. The first kappa shape index (κ1) is 29.1. The molecule has 11 nitrogen and oxygen atoms in total. The summed E-state index contributed by atoms with van der Waals surface area (Å²) in [5, 5.41) is 16.4. The van der Waals surface area contributed by atoms with Crippen molar-refractivity contribution in [3.8, 4) is 5.75 Å². The zero-order chi connectivity index (χ0) is 29.8. The van der Waals surface area contributed by atoms with Crippen LogP contribution in [-0.4, -0.2) is 71.5 Å². The van der Waals surface area contributed by atoms with Crippen molar-refractivity contribution in [1.82, 2.24) is 14.8 Å². The molecule has 4 aromatic rings. The average Bonchev–Trinajstić information content (AvgIpc) is 3.67. The Labute approximate surface area is 258 Å². The molecule has 1 amide bonds. The van der Waals surface area contributed by atoms with Gasteiger partial charge in [0.05, 0.1) is 11.6 Å². The number of halogens is 2. The number of hydrogen-bond acceptors (Lipinski definition) is 8. The lowest BCUT2D eigenvalue weighted by Crippen LogP contribution is -2.46. The lowest BCUT2D eigenvalue weighted by Gasteiger charge is -2.37. The summed E-state index contributed by atoms with van der Waals surface area (Å²) in [6.45, 7) is 4.32. The predicted molar refractivity (Wildman–Crippen MR) is 163 cm³/mol. The van der Waals surface area contributed by atoms with E-state index in [1.165, 1.54) is 6.33 Å². The summed E-state index contributed by atoms with van der Waals surface area (Å²) < 4.78 is 20.4. The molecule has 1 aromatic heterocycles. The third-order valence-corrected chi connectivity index (χ3v) is 7.99. The Balaban J connectivity index is 1.03. The second-order valence-electron chi connectivity index (χ2n) is 10.3. The first-order chi connectivity index (χ1) is 20.9. The number of carbonyl (C=O) groups is 1. The van der Waals surface area contributed by atoms with Gasteiger partial charge in [-0.05, 0) is 60.7 Å². The number of nitrogens with one attached hydrogen (secondary N) is 1. The average molecular weight is 626 g/mol. The lowest BCUT2D eigenvalue weighted by molar-refractivity contribution is -0.190. The maximum absolute atomic E-state index is 10.8. The fraction of sp³-hybridized carbons (Fsp3) is 0.300. The van der Waals surface area contributed by atoms with Gasteiger partial charge in [0.25, 0.3) is 0 Å². The van der Waals surface area contributed by atoms with Crippen LogP contribution in [0, 0.1) is 0 Å². The molecular weight excluding hydrogens is 595 g/mol. The molecule has 0 bridgehead atoms. The smallest absolute Gasteiger partial charge is 0.409 e. The van der Waals surface area contributed by atoms with E-state index in [1.807, 2.05) is 24.3 Å². The first-order valence-corrected chi connectivity index (χ1v) is 14.5. The van der Waals surface area contributed by atoms with Crippen molar-refractivity contribution >= 4 is 46.4 Å². The van der Waals surface area contributed by atoms with Crippen LogP contribution in [0.3, 0.4) is 0 Å². The van der Waals surface area contributed by atoms with Gasteiger partial charge in [-0.25, -0.2) is 14.5 Å². The highest BCUT2D eigenvalue weighted by atomic mass is 35.5. The molecule has 43 heavy (non-hydrogen) atoms. The molecule has 2 aliphatic heterocycles. The van der Waals surface area contributed by atoms with Crippen molar-refractivity contribution in [2.45, 2.75) is 18.4 Å². The van der Waals surface area contributed by atoms with E-state index in [9.17, 15) is 4.79 Å². The van der Waals surface area contributed by atoms with Gasteiger partial charge in [0.2, 0.25) is 5.79 Å². The molecular formula is C30H30Cl2N6O5. The zero-order valence-electron chi connectivity index (χ0n) is 23.1. The summed E-state index contributed by atoms with van der Waals surface area (Å²) in [5.41, 5.74) is 3.41. The number of carboxylic acid groups (broad SMARTS) is 1. The van der Waals surface area contributed by atoms with Gasteiger partial charge in [-0.2, -0.15) is 5.10 Å². The topological polar surface area (TPSA) is 114 Å². The molecule has 6 rings (SSSR count). The minimum absolute atomic E-state index is 0.264. The number of rotatable bonds is 9. The molecule has 3 aromatic carbocycles. The third-order valence-electron chi connectivity index (χ3n) is 7.44. The highest BCUT2D eigenvalue weighted by Gasteiger charge is 2.45. The van der Waals surface area contributed by atoms with E-state index in [-0.39, 0.29) is 12.6 Å². The maximum atomic E-state index is 10.8. The van der Waals surface area contributed by atoms with E-state index in [0.29, 0.717) is 34.5 Å². The van der Waals surface area contributed by atoms with Gasteiger partial charge in [-0.1, -0.05) is 29.3 Å². The Bertz CT molecular complexity index is 1530. The first-order valence-electron chi connectivity index (χ1n) is 13.8. The fourth-order valence-corrected chi connectivity index (χ4v) is 5.88. The van der Waals surface area contributed by atoms with Crippen LogP contribution in [0.4, 0.5) is 21.9 Å². The number of hydrogen-bond donors (Lipinski definition) is 2. The minimum Gasteiger partial charge on any atom is -0.491 e. The summed E-state index contributed by atoms with van der Waals surface area (Å²) in [4.78, 5) is 19.5. The zero-order valence-corrected chi connectivity index (χ0v) is 24.6. The molecule has 0 spiro atoms. The normalized spacial score (nSPS) is 20.3. The molecule has 2 atom stereocenters. The van der Waals surface area contributed by atoms with Gasteiger partial charge in [0.1, 0.15) is 37.7 Å². The number of amides is 1. The largest absolute Gasteiger partial charge is 0.491 e. The van der Waals surface area contributed by atoms with Gasteiger partial charge in [-0.15, -0.1) is 0 Å². The van der Waals surface area contributed by atoms with Gasteiger partial charge in [0.15, 0.2) is 0 Å². The Morgan fingerprint density at radius 3 is 2.28 bits per heavy atom. The Kier molecular flexibility index (Phi) is 8.57. The predicted octanol–water partition coefficient (Wildman–Crippen LogP) is 5.35. The summed E-state index contributed by atoms with van der Waals surface area (Å²) >= 11 is 12.7. The quantitative estimate of drug-likeness (QED) is 0.254. The molecule has 0 radical (unpaired) electrons. The van der Waals surface area contributed by atoms with Crippen LogP contribution < -0.4 is 19.9 Å². The Morgan fingerprint density at radius 1 is 1.00 bits per heavy atom. The van der Waals surface area contributed by atoms with Crippen LogP contribution in [0.25, 0.3) is 0 Å². The van der Waals surface area contributed by atoms with Crippen molar-refractivity contribution in [2.24, 2.45) is 0 Å². The number of nitrogens with zero attached hydrogens (tertiary/aromatic N) is 5. The van der Waals surface area contributed by atoms with E-state index in [2.05, 4.69) is 37.3 Å². The van der Waals surface area contributed by atoms with Gasteiger partial charge in [0, 0.05) is 53.8 Å². The summed E-state index contributed by atoms with van der Waals surface area (Å²) in [6.07, 6.45) is 1.65. The van der Waals surface area contributed by atoms with E-state index in [4.69, 9.17) is 42.5 Å². The summed E-state index contributed by atoms with van der Waals surface area (Å²) in [7, 11) is 0. The maximum Gasteiger partial charge on any atom is 0.409 e. The SMILES string of the molecule is O=C(O)Nc1ccc(N2CCN(c3ccc(OCC4COC(Cn5cncn5)(c5ccc(Cl)cc5Cl)O4)cc3)CC2)cc1. The third kappa shape index (κ3) is 6.80. The van der Waals surface area contributed by atoms with Gasteiger partial charge in [-0.3, -0.25) is 5.32 Å². The van der Waals surface area contributed by atoms with E-state index >= 15 is 0 Å². The summed E-state index contributed by atoms with van der Waals surface area (Å²) in [6, 6.07) is 20.7. The monoisotopic (exact) mass is 624 g/mol. The van der Waals surface area contributed by atoms with Crippen molar-refractivity contribution in [3.63, 3.8) is 0 Å². The standard InChI is InChI=1S/C30H30Cl2N6O5/c31-21-1-10-27(28(32)15-21)30(18-38-20-33-19-34-38)42-17-26(43-30)16-41-25-8-6-24(7-9-25)37-13-11-36(12-14-37)23-4-2-22(3-5-23)35-29(39)40/h1-10,15,19-20,26,35H,11-14,16-18H2,(H,39,40). The van der Waals surface area contributed by atoms with Crippen LogP contribution in [0.1, 0.15) is 5.56 Å². The molecule has 2 N–H and O–H groups in total. The van der Waals surface area contributed by atoms with Crippen LogP contribution >= 0.6 is 23.2 Å². The highest BCUT2D eigenvalue weighted by molar-refractivity contribution is 6.35. The highest BCUT2D eigenvalue weighted by Crippen LogP contribution is 2.40. The fourth-order valence-electron chi connectivity index (χ4n) is 5.33. The number of benzene rings is 3.